The van der Waals surface area contributed by atoms with Crippen LogP contribution in [-0.2, 0) is 6.42 Å². The molecule has 23 heavy (non-hydrogen) atoms. The molecule has 0 saturated heterocycles. The van der Waals surface area contributed by atoms with Crippen molar-refractivity contribution in [1.29, 1.82) is 0 Å². The minimum atomic E-state index is 0.0656. The Bertz CT molecular complexity index is 661. The standard InChI is InChI=1S/C21H29NO/c1-6-7-8-17-10-12-20(23)19(14-17)21(22(4)5)18-11-9-15(2)16(3)13-18/h9-14,21,23H,6-8H2,1-5H3. The zero-order valence-electron chi connectivity index (χ0n) is 15.1. The maximum atomic E-state index is 10.4. The van der Waals surface area contributed by atoms with E-state index in [1.807, 2.05) is 12.1 Å². The van der Waals surface area contributed by atoms with Crippen molar-refractivity contribution >= 4 is 0 Å². The predicted molar refractivity (Wildman–Crippen MR) is 98.2 cm³/mol. The highest BCUT2D eigenvalue weighted by Gasteiger charge is 2.20. The van der Waals surface area contributed by atoms with E-state index in [-0.39, 0.29) is 6.04 Å². The summed E-state index contributed by atoms with van der Waals surface area (Å²) in [6.07, 6.45) is 3.43. The first-order valence-electron chi connectivity index (χ1n) is 8.49. The lowest BCUT2D eigenvalue weighted by molar-refractivity contribution is 0.331. The molecule has 2 heteroatoms. The van der Waals surface area contributed by atoms with E-state index in [2.05, 4.69) is 64.0 Å². The average Bonchev–Trinajstić information content (AvgIpc) is 2.51. The van der Waals surface area contributed by atoms with E-state index in [9.17, 15) is 5.11 Å². The highest BCUT2D eigenvalue weighted by Crippen LogP contribution is 2.34. The van der Waals surface area contributed by atoms with E-state index >= 15 is 0 Å². The zero-order chi connectivity index (χ0) is 17.0. The molecule has 0 fully saturated rings. The van der Waals surface area contributed by atoms with Crippen LogP contribution in [0.5, 0.6) is 5.75 Å². The minimum Gasteiger partial charge on any atom is -0.508 e. The fraction of sp³-hybridized carbons (Fsp3) is 0.429. The Labute approximate surface area is 140 Å². The second-order valence-electron chi connectivity index (χ2n) is 6.71. The zero-order valence-corrected chi connectivity index (χ0v) is 15.1. The lowest BCUT2D eigenvalue weighted by Crippen LogP contribution is -2.21. The molecule has 124 valence electrons. The van der Waals surface area contributed by atoms with Gasteiger partial charge in [-0.3, -0.25) is 4.90 Å². The molecule has 0 amide bonds. The Hall–Kier alpha value is -1.80. The third kappa shape index (κ3) is 4.14. The third-order valence-electron chi connectivity index (χ3n) is 4.57. The molecule has 2 aromatic rings. The van der Waals surface area contributed by atoms with Crippen molar-refractivity contribution in [3.05, 3.63) is 64.2 Å². The topological polar surface area (TPSA) is 23.5 Å². The number of rotatable bonds is 6. The molecule has 0 heterocycles. The van der Waals surface area contributed by atoms with Gasteiger partial charge in [0.25, 0.3) is 0 Å². The van der Waals surface area contributed by atoms with E-state index in [4.69, 9.17) is 0 Å². The summed E-state index contributed by atoms with van der Waals surface area (Å²) in [5, 5.41) is 10.4. The second kappa shape index (κ2) is 7.65. The van der Waals surface area contributed by atoms with Crippen LogP contribution in [0.4, 0.5) is 0 Å². The first-order valence-corrected chi connectivity index (χ1v) is 8.49. The summed E-state index contributed by atoms with van der Waals surface area (Å²) in [4.78, 5) is 2.17. The van der Waals surface area contributed by atoms with E-state index in [0.29, 0.717) is 5.75 Å². The van der Waals surface area contributed by atoms with Crippen LogP contribution in [0, 0.1) is 13.8 Å². The van der Waals surface area contributed by atoms with Gasteiger partial charge in [-0.25, -0.2) is 0 Å². The fourth-order valence-corrected chi connectivity index (χ4v) is 3.05. The summed E-state index contributed by atoms with van der Waals surface area (Å²) >= 11 is 0. The molecule has 0 aliphatic heterocycles. The summed E-state index contributed by atoms with van der Waals surface area (Å²) in [5.41, 5.74) is 6.10. The molecule has 2 aromatic carbocycles. The molecule has 0 aromatic heterocycles. The van der Waals surface area contributed by atoms with Crippen molar-refractivity contribution in [2.75, 3.05) is 14.1 Å². The van der Waals surface area contributed by atoms with Gasteiger partial charge in [-0.2, -0.15) is 0 Å². The van der Waals surface area contributed by atoms with Crippen LogP contribution >= 0.6 is 0 Å². The van der Waals surface area contributed by atoms with Gasteiger partial charge in [-0.05, 0) is 69.1 Å². The van der Waals surface area contributed by atoms with Crippen molar-refractivity contribution < 1.29 is 5.11 Å². The molecule has 1 atom stereocenters. The van der Waals surface area contributed by atoms with Gasteiger partial charge in [0.05, 0.1) is 6.04 Å². The number of hydrogen-bond donors (Lipinski definition) is 1. The van der Waals surface area contributed by atoms with Crippen molar-refractivity contribution in [2.24, 2.45) is 0 Å². The smallest absolute Gasteiger partial charge is 0.120 e. The Balaban J connectivity index is 2.46. The lowest BCUT2D eigenvalue weighted by Gasteiger charge is -2.27. The van der Waals surface area contributed by atoms with Crippen LogP contribution in [-0.4, -0.2) is 24.1 Å². The summed E-state index contributed by atoms with van der Waals surface area (Å²) in [6, 6.07) is 12.7. The Morgan fingerprint density at radius 3 is 2.35 bits per heavy atom. The van der Waals surface area contributed by atoms with Crippen molar-refractivity contribution in [3.63, 3.8) is 0 Å². The second-order valence-corrected chi connectivity index (χ2v) is 6.71. The maximum Gasteiger partial charge on any atom is 0.120 e. The Morgan fingerprint density at radius 2 is 1.74 bits per heavy atom. The van der Waals surface area contributed by atoms with Gasteiger partial charge in [-0.15, -0.1) is 0 Å². The molecule has 0 bridgehead atoms. The predicted octanol–water partition coefficient (Wildman–Crippen LogP) is 5.00. The van der Waals surface area contributed by atoms with Crippen LogP contribution < -0.4 is 0 Å². The molecule has 0 spiro atoms. The quantitative estimate of drug-likeness (QED) is 0.811. The molecule has 1 N–H and O–H groups in total. The van der Waals surface area contributed by atoms with Crippen LogP contribution in [0.25, 0.3) is 0 Å². The van der Waals surface area contributed by atoms with Crippen LogP contribution in [0.15, 0.2) is 36.4 Å². The van der Waals surface area contributed by atoms with E-state index in [1.165, 1.54) is 35.1 Å². The van der Waals surface area contributed by atoms with Gasteiger partial charge in [0.2, 0.25) is 0 Å². The molecule has 1 unspecified atom stereocenters. The van der Waals surface area contributed by atoms with Gasteiger partial charge >= 0.3 is 0 Å². The molecular weight excluding hydrogens is 282 g/mol. The minimum absolute atomic E-state index is 0.0656. The number of nitrogens with zero attached hydrogens (tertiary/aromatic N) is 1. The lowest BCUT2D eigenvalue weighted by atomic mass is 9.92. The largest absolute Gasteiger partial charge is 0.508 e. The number of phenolic OH excluding ortho intramolecular Hbond substituents is 1. The normalized spacial score (nSPS) is 12.6. The van der Waals surface area contributed by atoms with Gasteiger partial charge < -0.3 is 5.11 Å². The van der Waals surface area contributed by atoms with E-state index in [0.717, 1.165) is 12.0 Å². The molecular formula is C21H29NO. The van der Waals surface area contributed by atoms with Crippen molar-refractivity contribution in [2.45, 2.75) is 46.1 Å². The van der Waals surface area contributed by atoms with Crippen LogP contribution in [0.1, 0.15) is 53.6 Å². The van der Waals surface area contributed by atoms with Crippen LogP contribution in [0.3, 0.4) is 0 Å². The number of hydrogen-bond acceptors (Lipinski definition) is 2. The van der Waals surface area contributed by atoms with Crippen molar-refractivity contribution in [1.82, 2.24) is 4.90 Å². The molecule has 0 aliphatic rings. The highest BCUT2D eigenvalue weighted by molar-refractivity contribution is 5.44. The summed E-state index contributed by atoms with van der Waals surface area (Å²) in [7, 11) is 4.13. The summed E-state index contributed by atoms with van der Waals surface area (Å²) in [6.45, 7) is 6.48. The first kappa shape index (κ1) is 17.6. The molecule has 2 nitrogen and oxygen atoms in total. The number of benzene rings is 2. The number of aromatic hydroxyl groups is 1. The molecule has 0 saturated carbocycles. The van der Waals surface area contributed by atoms with Crippen molar-refractivity contribution in [3.8, 4) is 5.75 Å². The summed E-state index contributed by atoms with van der Waals surface area (Å²) < 4.78 is 0. The van der Waals surface area contributed by atoms with E-state index in [1.54, 1.807) is 0 Å². The molecule has 0 aliphatic carbocycles. The molecule has 0 radical (unpaired) electrons. The van der Waals surface area contributed by atoms with E-state index < -0.39 is 0 Å². The highest BCUT2D eigenvalue weighted by atomic mass is 16.3. The molecule has 2 rings (SSSR count). The summed E-state index contributed by atoms with van der Waals surface area (Å²) in [5.74, 6) is 0.377. The number of aryl methyl sites for hydroxylation is 3. The van der Waals surface area contributed by atoms with Gasteiger partial charge in [0, 0.05) is 5.56 Å². The SMILES string of the molecule is CCCCc1ccc(O)c(C(c2ccc(C)c(C)c2)N(C)C)c1. The third-order valence-corrected chi connectivity index (χ3v) is 4.57. The van der Waals surface area contributed by atoms with Crippen LogP contribution in [0.2, 0.25) is 0 Å². The Kier molecular flexibility index (Phi) is 5.84. The van der Waals surface area contributed by atoms with Gasteiger partial charge in [0.15, 0.2) is 0 Å². The maximum absolute atomic E-state index is 10.4. The number of phenols is 1. The first-order chi connectivity index (χ1) is 10.9. The average molecular weight is 311 g/mol. The van der Waals surface area contributed by atoms with Gasteiger partial charge in [-0.1, -0.05) is 43.7 Å². The number of unbranched alkanes of at least 4 members (excludes halogenated alkanes) is 1. The fourth-order valence-electron chi connectivity index (χ4n) is 3.05. The monoisotopic (exact) mass is 311 g/mol. The van der Waals surface area contributed by atoms with Gasteiger partial charge in [0.1, 0.15) is 5.75 Å². The Morgan fingerprint density at radius 1 is 1.00 bits per heavy atom.